The van der Waals surface area contributed by atoms with Gasteiger partial charge in [-0.25, -0.2) is 0 Å². The minimum absolute atomic E-state index is 0.207. The van der Waals surface area contributed by atoms with E-state index in [-0.39, 0.29) is 12.0 Å². The Morgan fingerprint density at radius 3 is 2.72 bits per heavy atom. The van der Waals surface area contributed by atoms with Gasteiger partial charge in [0.05, 0.1) is 5.92 Å². The molecule has 2 fully saturated rings. The molecule has 2 unspecified atom stereocenters. The van der Waals surface area contributed by atoms with E-state index in [2.05, 4.69) is 29.6 Å². The molecule has 0 aromatic heterocycles. The molecule has 2 saturated heterocycles. The molecule has 0 radical (unpaired) electrons. The van der Waals surface area contributed by atoms with Gasteiger partial charge in [-0.05, 0) is 17.5 Å². The molecular weight excluding hydrogens is 246 g/mol. The van der Waals surface area contributed by atoms with Crippen LogP contribution in [0.2, 0.25) is 0 Å². The maximum absolute atomic E-state index is 11.0. The maximum Gasteiger partial charge on any atom is 0.307 e. The average Bonchev–Trinajstić information content (AvgIpc) is 2.76. The van der Waals surface area contributed by atoms with E-state index in [1.807, 2.05) is 11.8 Å². The first kappa shape index (κ1) is 12.1. The molecule has 2 atom stereocenters. The van der Waals surface area contributed by atoms with E-state index >= 15 is 0 Å². The number of carbonyl (C=O) groups is 1. The second-order valence-electron chi connectivity index (χ2n) is 5.14. The second kappa shape index (κ2) is 4.94. The lowest BCUT2D eigenvalue weighted by atomic mass is 9.95. The molecule has 18 heavy (non-hydrogen) atoms. The molecule has 2 aliphatic rings. The van der Waals surface area contributed by atoms with Gasteiger partial charge in [0.2, 0.25) is 0 Å². The van der Waals surface area contributed by atoms with Crippen LogP contribution in [0.1, 0.15) is 29.5 Å². The van der Waals surface area contributed by atoms with Gasteiger partial charge in [-0.2, -0.15) is 11.8 Å². The second-order valence-corrected chi connectivity index (χ2v) is 6.21. The van der Waals surface area contributed by atoms with Crippen LogP contribution >= 0.6 is 11.8 Å². The third kappa shape index (κ3) is 2.27. The Bertz CT molecular complexity index is 459. The number of nitrogens with one attached hydrogen (secondary N) is 1. The number of hydrogen-bond acceptors (Lipinski definition) is 3. The average molecular weight is 263 g/mol. The molecule has 0 bridgehead atoms. The maximum atomic E-state index is 11.0. The van der Waals surface area contributed by atoms with Gasteiger partial charge in [-0.3, -0.25) is 4.79 Å². The van der Waals surface area contributed by atoms with Crippen LogP contribution in [0.25, 0.3) is 0 Å². The van der Waals surface area contributed by atoms with E-state index in [9.17, 15) is 4.79 Å². The van der Waals surface area contributed by atoms with Crippen molar-refractivity contribution in [3.8, 4) is 0 Å². The SMILES string of the molecule is O=C(O)C1CNC(c2cccc(C3CSC3)c2)C1. The number of benzene rings is 1. The summed E-state index contributed by atoms with van der Waals surface area (Å²) in [6, 6.07) is 8.86. The smallest absolute Gasteiger partial charge is 0.307 e. The van der Waals surface area contributed by atoms with Gasteiger partial charge < -0.3 is 10.4 Å². The largest absolute Gasteiger partial charge is 0.481 e. The van der Waals surface area contributed by atoms with Gasteiger partial charge in [0.25, 0.3) is 0 Å². The highest BCUT2D eigenvalue weighted by atomic mass is 32.2. The summed E-state index contributed by atoms with van der Waals surface area (Å²) in [4.78, 5) is 11.0. The summed E-state index contributed by atoms with van der Waals surface area (Å²) in [7, 11) is 0. The third-order valence-electron chi connectivity index (χ3n) is 3.90. The minimum Gasteiger partial charge on any atom is -0.481 e. The van der Waals surface area contributed by atoms with Gasteiger partial charge >= 0.3 is 5.97 Å². The van der Waals surface area contributed by atoms with Gasteiger partial charge in [-0.1, -0.05) is 24.3 Å². The summed E-state index contributed by atoms with van der Waals surface area (Å²) < 4.78 is 0. The van der Waals surface area contributed by atoms with Crippen LogP contribution in [-0.2, 0) is 4.79 Å². The Hall–Kier alpha value is -1.00. The Labute approximate surface area is 111 Å². The summed E-state index contributed by atoms with van der Waals surface area (Å²) in [5.41, 5.74) is 2.65. The lowest BCUT2D eigenvalue weighted by molar-refractivity contribution is -0.141. The van der Waals surface area contributed by atoms with Crippen LogP contribution in [0, 0.1) is 5.92 Å². The zero-order chi connectivity index (χ0) is 12.5. The molecule has 1 aromatic carbocycles. The fourth-order valence-corrected chi connectivity index (χ4v) is 3.49. The number of carboxylic acid groups (broad SMARTS) is 1. The van der Waals surface area contributed by atoms with E-state index in [4.69, 9.17) is 5.11 Å². The molecule has 0 amide bonds. The highest BCUT2D eigenvalue weighted by molar-refractivity contribution is 8.00. The van der Waals surface area contributed by atoms with Gasteiger partial charge in [0.15, 0.2) is 0 Å². The van der Waals surface area contributed by atoms with Crippen LogP contribution in [0.15, 0.2) is 24.3 Å². The Balaban J connectivity index is 1.74. The number of aliphatic carboxylic acids is 1. The highest BCUT2D eigenvalue weighted by Crippen LogP contribution is 2.36. The van der Waals surface area contributed by atoms with Crippen molar-refractivity contribution in [3.05, 3.63) is 35.4 Å². The summed E-state index contributed by atoms with van der Waals surface area (Å²) in [6.07, 6.45) is 0.707. The van der Waals surface area contributed by atoms with Crippen LogP contribution < -0.4 is 5.32 Å². The Morgan fingerprint density at radius 1 is 1.33 bits per heavy atom. The van der Waals surface area contributed by atoms with Crippen molar-refractivity contribution in [1.82, 2.24) is 5.32 Å². The molecule has 0 spiro atoms. The Morgan fingerprint density at radius 2 is 2.11 bits per heavy atom. The summed E-state index contributed by atoms with van der Waals surface area (Å²) in [6.45, 7) is 0.587. The van der Waals surface area contributed by atoms with Gasteiger partial charge in [0, 0.05) is 30.0 Å². The fraction of sp³-hybridized carbons (Fsp3) is 0.500. The number of hydrogen-bond donors (Lipinski definition) is 2. The molecule has 2 heterocycles. The first-order valence-corrected chi connectivity index (χ1v) is 7.53. The van der Waals surface area contributed by atoms with Crippen LogP contribution in [0.4, 0.5) is 0 Å². The van der Waals surface area contributed by atoms with Crippen molar-refractivity contribution in [2.24, 2.45) is 5.92 Å². The van der Waals surface area contributed by atoms with Crippen LogP contribution in [0.3, 0.4) is 0 Å². The fourth-order valence-electron chi connectivity index (χ4n) is 2.64. The van der Waals surface area contributed by atoms with Crippen LogP contribution in [-0.4, -0.2) is 29.1 Å². The van der Waals surface area contributed by atoms with Crippen molar-refractivity contribution in [3.63, 3.8) is 0 Å². The first-order valence-electron chi connectivity index (χ1n) is 6.38. The van der Waals surface area contributed by atoms with Gasteiger partial charge in [-0.15, -0.1) is 0 Å². The molecule has 3 nitrogen and oxygen atoms in total. The van der Waals surface area contributed by atoms with Crippen LogP contribution in [0.5, 0.6) is 0 Å². The van der Waals surface area contributed by atoms with Crippen molar-refractivity contribution >= 4 is 17.7 Å². The molecule has 4 heteroatoms. The monoisotopic (exact) mass is 263 g/mol. The van der Waals surface area contributed by atoms with Gasteiger partial charge in [0.1, 0.15) is 0 Å². The predicted octanol–water partition coefficient (Wildman–Crippen LogP) is 2.25. The third-order valence-corrected chi connectivity index (χ3v) is 5.18. The molecule has 3 rings (SSSR count). The van der Waals surface area contributed by atoms with E-state index in [0.717, 1.165) is 0 Å². The Kier molecular flexibility index (Phi) is 3.31. The van der Waals surface area contributed by atoms with Crippen molar-refractivity contribution in [1.29, 1.82) is 0 Å². The summed E-state index contributed by atoms with van der Waals surface area (Å²) in [5, 5.41) is 12.3. The molecular formula is C14H17NO2S. The minimum atomic E-state index is -0.684. The predicted molar refractivity (Wildman–Crippen MR) is 73.0 cm³/mol. The standard InChI is InChI=1S/C14H17NO2S/c16-14(17)11-5-13(15-6-11)10-3-1-2-9(4-10)12-7-18-8-12/h1-4,11-13,15H,5-8H2,(H,16,17). The molecule has 0 saturated carbocycles. The topological polar surface area (TPSA) is 49.3 Å². The van der Waals surface area contributed by atoms with Crippen molar-refractivity contribution in [2.75, 3.05) is 18.1 Å². The molecule has 2 N–H and O–H groups in total. The lowest BCUT2D eigenvalue weighted by Crippen LogP contribution is -2.18. The lowest BCUT2D eigenvalue weighted by Gasteiger charge is -2.26. The van der Waals surface area contributed by atoms with Crippen molar-refractivity contribution < 1.29 is 9.90 Å². The van der Waals surface area contributed by atoms with E-state index in [0.29, 0.717) is 18.9 Å². The first-order chi connectivity index (χ1) is 8.74. The van der Waals surface area contributed by atoms with E-state index in [1.54, 1.807) is 0 Å². The molecule has 1 aromatic rings. The number of carboxylic acids is 1. The zero-order valence-corrected chi connectivity index (χ0v) is 11.0. The summed E-state index contributed by atoms with van der Waals surface area (Å²) in [5.74, 6) is 2.22. The highest BCUT2D eigenvalue weighted by Gasteiger charge is 2.30. The normalized spacial score (nSPS) is 28.0. The van der Waals surface area contributed by atoms with E-state index in [1.165, 1.54) is 22.6 Å². The quantitative estimate of drug-likeness (QED) is 0.878. The van der Waals surface area contributed by atoms with E-state index < -0.39 is 5.97 Å². The summed E-state index contributed by atoms with van der Waals surface area (Å²) >= 11 is 1.99. The molecule has 2 aliphatic heterocycles. The number of thioether (sulfide) groups is 1. The number of rotatable bonds is 3. The molecule has 0 aliphatic carbocycles. The zero-order valence-electron chi connectivity index (χ0n) is 10.1. The molecule has 96 valence electrons. The van der Waals surface area contributed by atoms with Crippen molar-refractivity contribution in [2.45, 2.75) is 18.4 Å².